The van der Waals surface area contributed by atoms with Crippen molar-refractivity contribution in [2.24, 2.45) is 0 Å². The first-order valence-corrected chi connectivity index (χ1v) is 14.5. The van der Waals surface area contributed by atoms with Crippen molar-refractivity contribution >= 4 is 23.5 Å². The van der Waals surface area contributed by atoms with E-state index in [0.717, 1.165) is 28.2 Å². The van der Waals surface area contributed by atoms with Crippen LogP contribution in [-0.2, 0) is 28.7 Å². The molecule has 0 atom stereocenters. The average molecular weight is 613 g/mol. The molecule has 2 aromatic heterocycles. The second-order valence-electron chi connectivity index (χ2n) is 11.7. The summed E-state index contributed by atoms with van der Waals surface area (Å²) in [6.45, 7) is 13.2. The Morgan fingerprint density at radius 3 is 2.28 bits per heavy atom. The first kappa shape index (κ1) is 32.1. The van der Waals surface area contributed by atoms with Crippen LogP contribution < -0.4 is 5.32 Å². The maximum absolute atomic E-state index is 13.4. The summed E-state index contributed by atoms with van der Waals surface area (Å²) in [6.07, 6.45) is -4.17. The van der Waals surface area contributed by atoms with Gasteiger partial charge in [-0.05, 0) is 78.3 Å². The number of halogens is 3. The van der Waals surface area contributed by atoms with Gasteiger partial charge >= 0.3 is 12.1 Å². The molecule has 0 saturated heterocycles. The number of hydrogen-bond acceptors (Lipinski definition) is 8. The van der Waals surface area contributed by atoms with Gasteiger partial charge in [0.2, 0.25) is 0 Å². The van der Waals surface area contributed by atoms with E-state index in [-0.39, 0.29) is 5.97 Å². The summed E-state index contributed by atoms with van der Waals surface area (Å²) in [5.41, 5.74) is 1.85. The van der Waals surface area contributed by atoms with Crippen LogP contribution in [0.15, 0.2) is 64.0 Å². The molecule has 0 saturated carbocycles. The highest BCUT2D eigenvalue weighted by molar-refractivity contribution is 8.01. The monoisotopic (exact) mass is 612 g/mol. The van der Waals surface area contributed by atoms with Crippen molar-refractivity contribution in [2.75, 3.05) is 5.32 Å². The van der Waals surface area contributed by atoms with Gasteiger partial charge in [-0.15, -0.1) is 11.8 Å². The Bertz CT molecular complexity index is 1570. The predicted octanol–water partition coefficient (Wildman–Crippen LogP) is 8.18. The van der Waals surface area contributed by atoms with Gasteiger partial charge in [-0.3, -0.25) is 4.79 Å². The molecule has 228 valence electrons. The molecule has 2 heterocycles. The highest BCUT2D eigenvalue weighted by Crippen LogP contribution is 2.35. The molecule has 7 nitrogen and oxygen atoms in total. The van der Waals surface area contributed by atoms with E-state index < -0.39 is 22.1 Å². The molecule has 11 heteroatoms. The highest BCUT2D eigenvalue weighted by Gasteiger charge is 2.34. The van der Waals surface area contributed by atoms with Crippen LogP contribution in [0.3, 0.4) is 0 Å². The zero-order valence-electron chi connectivity index (χ0n) is 25.2. The standard InChI is InChI=1S/C32H35F3N4O3S/c1-19-25(20(2)42-39-19)16-28-37-26(22-9-8-10-23(15-22)32(33,34)35)17-27(38-28)36-18-21-11-13-24(14-12-21)43-31(6,7)29(40)41-30(3,4)5/h8-15,17H,16,18H2,1-7H3,(H,36,37,38). The number of carbonyl (C=O) groups excluding carboxylic acids is 1. The number of nitrogens with one attached hydrogen (secondary N) is 1. The maximum atomic E-state index is 13.4. The zero-order chi connectivity index (χ0) is 31.6. The van der Waals surface area contributed by atoms with Crippen molar-refractivity contribution in [3.8, 4) is 11.3 Å². The minimum absolute atomic E-state index is 0.288. The average Bonchev–Trinajstić information content (AvgIpc) is 3.23. The molecular weight excluding hydrogens is 577 g/mol. The molecule has 0 unspecified atom stereocenters. The van der Waals surface area contributed by atoms with E-state index in [1.807, 2.05) is 65.8 Å². The fraction of sp³-hybridized carbons (Fsp3) is 0.375. The molecule has 0 radical (unpaired) electrons. The van der Waals surface area contributed by atoms with E-state index in [4.69, 9.17) is 9.26 Å². The van der Waals surface area contributed by atoms with Crippen LogP contribution in [0.4, 0.5) is 19.0 Å². The van der Waals surface area contributed by atoms with Gasteiger partial charge in [-0.2, -0.15) is 13.2 Å². The molecule has 4 rings (SSSR count). The summed E-state index contributed by atoms with van der Waals surface area (Å²) in [4.78, 5) is 22.8. The van der Waals surface area contributed by atoms with Gasteiger partial charge in [0.15, 0.2) is 0 Å². The van der Waals surface area contributed by atoms with Crippen LogP contribution in [-0.4, -0.2) is 31.4 Å². The van der Waals surface area contributed by atoms with E-state index >= 15 is 0 Å². The topological polar surface area (TPSA) is 90.1 Å². The van der Waals surface area contributed by atoms with Gasteiger partial charge in [-0.1, -0.05) is 29.4 Å². The molecule has 0 bridgehead atoms. The quantitative estimate of drug-likeness (QED) is 0.150. The third-order valence-electron chi connectivity index (χ3n) is 6.43. The second-order valence-corrected chi connectivity index (χ2v) is 13.4. The number of carbonyl (C=O) groups is 1. The Kier molecular flexibility index (Phi) is 9.24. The molecular formula is C32H35F3N4O3S. The summed E-state index contributed by atoms with van der Waals surface area (Å²) < 4.78 is 50.3. The number of thioether (sulfide) groups is 1. The van der Waals surface area contributed by atoms with Crippen LogP contribution in [0.5, 0.6) is 0 Å². The number of alkyl halides is 3. The minimum Gasteiger partial charge on any atom is -0.459 e. The van der Waals surface area contributed by atoms with Crippen molar-refractivity contribution in [3.05, 3.63) is 88.6 Å². The highest BCUT2D eigenvalue weighted by atomic mass is 32.2. The fourth-order valence-electron chi connectivity index (χ4n) is 4.19. The number of hydrogen-bond donors (Lipinski definition) is 1. The van der Waals surface area contributed by atoms with Crippen LogP contribution in [0.25, 0.3) is 11.3 Å². The number of benzene rings is 2. The summed E-state index contributed by atoms with van der Waals surface area (Å²) in [5.74, 6) is 1.23. The van der Waals surface area contributed by atoms with Crippen LogP contribution in [0, 0.1) is 13.8 Å². The molecule has 0 amide bonds. The van der Waals surface area contributed by atoms with Crippen molar-refractivity contribution in [3.63, 3.8) is 0 Å². The third kappa shape index (κ3) is 8.59. The van der Waals surface area contributed by atoms with Gasteiger partial charge in [-0.25, -0.2) is 9.97 Å². The number of aromatic nitrogens is 3. The van der Waals surface area contributed by atoms with E-state index in [2.05, 4.69) is 20.4 Å². The lowest BCUT2D eigenvalue weighted by Gasteiger charge is -2.28. The molecule has 0 aliphatic rings. The molecule has 0 spiro atoms. The Hall–Kier alpha value is -3.86. The van der Waals surface area contributed by atoms with Gasteiger partial charge in [0.1, 0.15) is 27.8 Å². The molecule has 43 heavy (non-hydrogen) atoms. The summed E-state index contributed by atoms with van der Waals surface area (Å²) in [6, 6.07) is 14.5. The molecule has 0 aliphatic heterocycles. The summed E-state index contributed by atoms with van der Waals surface area (Å²) in [7, 11) is 0. The Labute approximate surface area is 253 Å². The smallest absolute Gasteiger partial charge is 0.416 e. The first-order valence-electron chi connectivity index (χ1n) is 13.7. The molecule has 1 N–H and O–H groups in total. The Balaban J connectivity index is 1.55. The number of esters is 1. The van der Waals surface area contributed by atoms with E-state index in [1.165, 1.54) is 17.8 Å². The van der Waals surface area contributed by atoms with E-state index in [1.54, 1.807) is 19.1 Å². The largest absolute Gasteiger partial charge is 0.459 e. The number of anilines is 1. The van der Waals surface area contributed by atoms with Gasteiger partial charge < -0.3 is 14.6 Å². The molecule has 0 fully saturated rings. The lowest BCUT2D eigenvalue weighted by Crippen LogP contribution is -2.36. The first-order chi connectivity index (χ1) is 20.0. The van der Waals surface area contributed by atoms with E-state index in [9.17, 15) is 18.0 Å². The predicted molar refractivity (Wildman–Crippen MR) is 161 cm³/mol. The van der Waals surface area contributed by atoms with E-state index in [0.29, 0.717) is 47.3 Å². The SMILES string of the molecule is Cc1noc(C)c1Cc1nc(NCc2ccc(SC(C)(C)C(=O)OC(C)(C)C)cc2)cc(-c2cccc(C(F)(F)F)c2)n1. The van der Waals surface area contributed by atoms with Crippen LogP contribution >= 0.6 is 11.8 Å². The number of nitrogens with zero attached hydrogens (tertiary/aromatic N) is 3. The fourth-order valence-corrected chi connectivity index (χ4v) is 5.17. The van der Waals surface area contributed by atoms with Crippen molar-refractivity contribution in [1.82, 2.24) is 15.1 Å². The second kappa shape index (κ2) is 12.4. The lowest BCUT2D eigenvalue weighted by atomic mass is 10.1. The summed E-state index contributed by atoms with van der Waals surface area (Å²) >= 11 is 1.42. The zero-order valence-corrected chi connectivity index (χ0v) is 26.0. The van der Waals surface area contributed by atoms with Gasteiger partial charge in [0.25, 0.3) is 0 Å². The number of rotatable bonds is 9. The molecule has 4 aromatic rings. The molecule has 2 aromatic carbocycles. The van der Waals surface area contributed by atoms with Gasteiger partial charge in [0.05, 0.1) is 17.0 Å². The van der Waals surface area contributed by atoms with Crippen LogP contribution in [0.2, 0.25) is 0 Å². The Morgan fingerprint density at radius 2 is 1.67 bits per heavy atom. The number of aryl methyl sites for hydroxylation is 2. The maximum Gasteiger partial charge on any atom is 0.416 e. The van der Waals surface area contributed by atoms with Gasteiger partial charge in [0, 0.05) is 35.1 Å². The number of ether oxygens (including phenoxy) is 1. The normalized spacial score (nSPS) is 12.3. The minimum atomic E-state index is -4.48. The van der Waals surface area contributed by atoms with Crippen LogP contribution in [0.1, 0.15) is 68.6 Å². The van der Waals surface area contributed by atoms with Crippen molar-refractivity contribution in [1.29, 1.82) is 0 Å². The third-order valence-corrected chi connectivity index (χ3v) is 7.62. The Morgan fingerprint density at radius 1 is 0.977 bits per heavy atom. The molecule has 0 aliphatic carbocycles. The van der Waals surface area contributed by atoms with Crippen molar-refractivity contribution < 1.29 is 27.2 Å². The lowest BCUT2D eigenvalue weighted by molar-refractivity contribution is -0.156. The van der Waals surface area contributed by atoms with Crippen molar-refractivity contribution in [2.45, 2.75) is 82.9 Å². The summed E-state index contributed by atoms with van der Waals surface area (Å²) in [5, 5.41) is 7.27.